The minimum atomic E-state index is 0.106. The van der Waals surface area contributed by atoms with Crippen molar-refractivity contribution in [3.8, 4) is 0 Å². The number of hydrogen-bond donors (Lipinski definition) is 2. The van der Waals surface area contributed by atoms with Crippen LogP contribution in [0.1, 0.15) is 69.1 Å². The van der Waals surface area contributed by atoms with Gasteiger partial charge in [-0.25, -0.2) is 0 Å². The summed E-state index contributed by atoms with van der Waals surface area (Å²) in [5.41, 5.74) is 2.24. The van der Waals surface area contributed by atoms with E-state index in [1.807, 2.05) is 24.3 Å². The van der Waals surface area contributed by atoms with E-state index in [4.69, 9.17) is 9.26 Å². The molecule has 0 saturated carbocycles. The fourth-order valence-electron chi connectivity index (χ4n) is 3.06. The summed E-state index contributed by atoms with van der Waals surface area (Å²) < 4.78 is 11.3. The van der Waals surface area contributed by atoms with Crippen molar-refractivity contribution in [3.63, 3.8) is 0 Å². The molecule has 0 spiro atoms. The number of aliphatic imine (C=N–C) groups is 1. The third-order valence-corrected chi connectivity index (χ3v) is 4.89. The highest BCUT2D eigenvalue weighted by Crippen LogP contribution is 2.22. The maximum absolute atomic E-state index is 5.90. The summed E-state index contributed by atoms with van der Waals surface area (Å²) in [7, 11) is 1.76. The fourth-order valence-corrected chi connectivity index (χ4v) is 3.06. The quantitative estimate of drug-likeness (QED) is 0.340. The van der Waals surface area contributed by atoms with Crippen LogP contribution in [0, 0.1) is 0 Å². The maximum atomic E-state index is 5.90. The Morgan fingerprint density at radius 1 is 1.18 bits per heavy atom. The van der Waals surface area contributed by atoms with Crippen molar-refractivity contribution >= 4 is 5.96 Å². The van der Waals surface area contributed by atoms with Crippen molar-refractivity contribution in [2.45, 2.75) is 58.6 Å². The van der Waals surface area contributed by atoms with Gasteiger partial charge in [-0.2, -0.15) is 0 Å². The van der Waals surface area contributed by atoms with Gasteiger partial charge in [-0.15, -0.1) is 0 Å². The number of ether oxygens (including phenoxy) is 1. The van der Waals surface area contributed by atoms with Crippen molar-refractivity contribution in [1.29, 1.82) is 0 Å². The molecule has 0 aliphatic carbocycles. The van der Waals surface area contributed by atoms with Crippen LogP contribution < -0.4 is 10.6 Å². The number of nitrogens with zero attached hydrogens (tertiary/aromatic N) is 2. The predicted molar refractivity (Wildman–Crippen MR) is 113 cm³/mol. The van der Waals surface area contributed by atoms with Gasteiger partial charge < -0.3 is 19.9 Å². The Morgan fingerprint density at radius 2 is 1.93 bits per heavy atom. The maximum Gasteiger partial charge on any atom is 0.191 e. The van der Waals surface area contributed by atoms with Gasteiger partial charge in [0.05, 0.1) is 18.3 Å². The van der Waals surface area contributed by atoms with Gasteiger partial charge in [0.2, 0.25) is 0 Å². The number of benzene rings is 1. The molecular formula is C22H34N4O2. The predicted octanol–water partition coefficient (Wildman–Crippen LogP) is 4.41. The van der Waals surface area contributed by atoms with Gasteiger partial charge in [0.15, 0.2) is 11.7 Å². The van der Waals surface area contributed by atoms with E-state index in [2.05, 4.69) is 53.7 Å². The number of hydrogen-bond acceptors (Lipinski definition) is 4. The molecule has 2 rings (SSSR count). The Bertz CT molecular complexity index is 696. The molecule has 1 aromatic carbocycles. The van der Waals surface area contributed by atoms with E-state index in [1.165, 1.54) is 5.56 Å². The molecule has 0 saturated heterocycles. The molecule has 0 fully saturated rings. The Balaban J connectivity index is 1.65. The molecule has 0 aliphatic heterocycles. The first-order valence-electron chi connectivity index (χ1n) is 10.2. The molecule has 6 nitrogen and oxygen atoms in total. The fraction of sp³-hybridized carbons (Fsp3) is 0.545. The molecule has 28 heavy (non-hydrogen) atoms. The Labute approximate surface area is 168 Å². The van der Waals surface area contributed by atoms with Gasteiger partial charge in [-0.1, -0.05) is 49.3 Å². The first kappa shape index (κ1) is 22.0. The average molecular weight is 387 g/mol. The molecule has 1 aromatic heterocycles. The molecule has 0 radical (unpaired) electrons. The summed E-state index contributed by atoms with van der Waals surface area (Å²) in [6.07, 6.45) is 3.15. The second kappa shape index (κ2) is 12.2. The summed E-state index contributed by atoms with van der Waals surface area (Å²) in [5.74, 6) is 2.04. The smallest absolute Gasteiger partial charge is 0.191 e. The molecule has 154 valence electrons. The number of guanidine groups is 1. The van der Waals surface area contributed by atoms with Crippen molar-refractivity contribution < 1.29 is 9.26 Å². The minimum absolute atomic E-state index is 0.106. The van der Waals surface area contributed by atoms with E-state index in [0.717, 1.165) is 43.2 Å². The molecule has 1 unspecified atom stereocenters. The third kappa shape index (κ3) is 7.00. The van der Waals surface area contributed by atoms with Crippen LogP contribution in [-0.4, -0.2) is 31.3 Å². The summed E-state index contributed by atoms with van der Waals surface area (Å²) >= 11 is 0. The van der Waals surface area contributed by atoms with Crippen LogP contribution in [0.15, 0.2) is 45.9 Å². The van der Waals surface area contributed by atoms with Crippen LogP contribution in [0.4, 0.5) is 0 Å². The van der Waals surface area contributed by atoms with Crippen molar-refractivity contribution in [1.82, 2.24) is 15.8 Å². The zero-order chi connectivity index (χ0) is 20.2. The molecule has 1 heterocycles. The highest BCUT2D eigenvalue weighted by Gasteiger charge is 2.13. The average Bonchev–Trinajstić information content (AvgIpc) is 3.20. The lowest BCUT2D eigenvalue weighted by atomic mass is 9.99. The van der Waals surface area contributed by atoms with Gasteiger partial charge in [0.1, 0.15) is 0 Å². The van der Waals surface area contributed by atoms with Crippen LogP contribution in [-0.2, 0) is 11.3 Å². The molecular weight excluding hydrogens is 352 g/mol. The Kier molecular flexibility index (Phi) is 9.55. The second-order valence-corrected chi connectivity index (χ2v) is 6.86. The zero-order valence-corrected chi connectivity index (χ0v) is 17.6. The number of aromatic nitrogens is 1. The van der Waals surface area contributed by atoms with Crippen molar-refractivity contribution in [3.05, 3.63) is 53.4 Å². The SMILES string of the molecule is CCC(CC)c1cc(CNC(=NC)NCCCOC(C)c2ccccc2)on1. The van der Waals surface area contributed by atoms with E-state index < -0.39 is 0 Å². The van der Waals surface area contributed by atoms with Crippen LogP contribution >= 0.6 is 0 Å². The van der Waals surface area contributed by atoms with Crippen LogP contribution in [0.5, 0.6) is 0 Å². The van der Waals surface area contributed by atoms with Gasteiger partial charge >= 0.3 is 0 Å². The van der Waals surface area contributed by atoms with Gasteiger partial charge in [0.25, 0.3) is 0 Å². The summed E-state index contributed by atoms with van der Waals surface area (Å²) in [6, 6.07) is 12.3. The first-order valence-corrected chi connectivity index (χ1v) is 10.2. The standard InChI is InChI=1S/C22H34N4O2/c1-5-18(6-2)21-15-20(28-26-21)16-25-22(23-4)24-13-10-14-27-17(3)19-11-8-7-9-12-19/h7-9,11-12,15,17-18H,5-6,10,13-14,16H2,1-4H3,(H2,23,24,25). The third-order valence-electron chi connectivity index (χ3n) is 4.89. The number of rotatable bonds is 11. The van der Waals surface area contributed by atoms with Crippen LogP contribution in [0.3, 0.4) is 0 Å². The van der Waals surface area contributed by atoms with Crippen LogP contribution in [0.25, 0.3) is 0 Å². The Hall–Kier alpha value is -2.34. The number of nitrogens with one attached hydrogen (secondary N) is 2. The van der Waals surface area contributed by atoms with Gasteiger partial charge in [-0.3, -0.25) is 4.99 Å². The molecule has 0 bridgehead atoms. The van der Waals surface area contributed by atoms with Gasteiger partial charge in [-0.05, 0) is 31.7 Å². The summed E-state index contributed by atoms with van der Waals surface area (Å²) in [5, 5.41) is 10.8. The highest BCUT2D eigenvalue weighted by atomic mass is 16.5. The lowest BCUT2D eigenvalue weighted by molar-refractivity contribution is 0.0646. The molecule has 2 aromatic rings. The lowest BCUT2D eigenvalue weighted by Gasteiger charge is -2.14. The topological polar surface area (TPSA) is 71.7 Å². The van der Waals surface area contributed by atoms with Gasteiger partial charge in [0, 0.05) is 32.2 Å². The normalized spacial score (nSPS) is 13.0. The lowest BCUT2D eigenvalue weighted by Crippen LogP contribution is -2.37. The largest absolute Gasteiger partial charge is 0.374 e. The molecule has 6 heteroatoms. The van der Waals surface area contributed by atoms with E-state index in [9.17, 15) is 0 Å². The second-order valence-electron chi connectivity index (χ2n) is 6.86. The van der Waals surface area contributed by atoms with E-state index in [-0.39, 0.29) is 6.10 Å². The zero-order valence-electron chi connectivity index (χ0n) is 17.6. The molecule has 0 amide bonds. The van der Waals surface area contributed by atoms with E-state index in [0.29, 0.717) is 19.1 Å². The highest BCUT2D eigenvalue weighted by molar-refractivity contribution is 5.79. The minimum Gasteiger partial charge on any atom is -0.374 e. The summed E-state index contributed by atoms with van der Waals surface area (Å²) in [4.78, 5) is 4.25. The van der Waals surface area contributed by atoms with Crippen LogP contribution in [0.2, 0.25) is 0 Å². The molecule has 1 atom stereocenters. The first-order chi connectivity index (χ1) is 13.7. The molecule has 0 aliphatic rings. The monoisotopic (exact) mass is 386 g/mol. The van der Waals surface area contributed by atoms with E-state index >= 15 is 0 Å². The van der Waals surface area contributed by atoms with Crippen molar-refractivity contribution in [2.24, 2.45) is 4.99 Å². The van der Waals surface area contributed by atoms with Crippen molar-refractivity contribution in [2.75, 3.05) is 20.2 Å². The van der Waals surface area contributed by atoms with E-state index in [1.54, 1.807) is 7.05 Å². The molecule has 2 N–H and O–H groups in total. The summed E-state index contributed by atoms with van der Waals surface area (Å²) in [6.45, 7) is 8.48. The Morgan fingerprint density at radius 3 is 2.61 bits per heavy atom.